The molecule has 10 nitrogen and oxygen atoms in total. The summed E-state index contributed by atoms with van der Waals surface area (Å²) in [5.41, 5.74) is 2.15. The summed E-state index contributed by atoms with van der Waals surface area (Å²) in [4.78, 5) is 27.8. The van der Waals surface area contributed by atoms with Gasteiger partial charge in [-0.25, -0.2) is 4.79 Å². The molecule has 2 saturated heterocycles. The van der Waals surface area contributed by atoms with Crippen LogP contribution in [0.1, 0.15) is 23.1 Å². The zero-order chi connectivity index (χ0) is 27.6. The van der Waals surface area contributed by atoms with Gasteiger partial charge in [-0.15, -0.1) is 6.58 Å². The van der Waals surface area contributed by atoms with Crippen molar-refractivity contribution in [2.75, 3.05) is 20.5 Å². The molecular weight excluding hydrogens is 512 g/mol. The summed E-state index contributed by atoms with van der Waals surface area (Å²) in [6, 6.07) is 9.43. The predicted molar refractivity (Wildman–Crippen MR) is 140 cm³/mol. The lowest BCUT2D eigenvalue weighted by Gasteiger charge is -2.36. The van der Waals surface area contributed by atoms with Crippen molar-refractivity contribution < 1.29 is 36.4 Å². The van der Waals surface area contributed by atoms with Gasteiger partial charge in [-0.3, -0.25) is 9.69 Å². The predicted octanol–water partition coefficient (Wildman–Crippen LogP) is 3.40. The van der Waals surface area contributed by atoms with Crippen molar-refractivity contribution in [2.24, 2.45) is 5.92 Å². The van der Waals surface area contributed by atoms with Gasteiger partial charge < -0.3 is 23.7 Å². The van der Waals surface area contributed by atoms with E-state index in [2.05, 4.69) is 11.9 Å². The largest absolute Gasteiger partial charge is 0.496 e. The molecule has 0 aliphatic carbocycles. The molecule has 0 unspecified atom stereocenters. The molecule has 3 atom stereocenters. The number of rotatable bonds is 8. The molecule has 0 radical (unpaired) electrons. The van der Waals surface area contributed by atoms with E-state index in [-0.39, 0.29) is 29.9 Å². The molecule has 2 aliphatic heterocycles. The van der Waals surface area contributed by atoms with Crippen molar-refractivity contribution in [3.63, 3.8) is 0 Å². The van der Waals surface area contributed by atoms with Crippen LogP contribution in [0.2, 0.25) is 0 Å². The summed E-state index contributed by atoms with van der Waals surface area (Å²) >= 11 is 0. The number of methoxy groups -OCH3 is 2. The SMILES string of the molecule is C=C[C@@H]1C[C@@H]2C(=O)N/C(=C\c3cc(OS(C)(=O)=O)c(OC)c(C)c3OC)[C@H]1N2C(=O)OCc1ccccc1. The topological polar surface area (TPSA) is 120 Å². The number of benzene rings is 2. The van der Waals surface area contributed by atoms with Crippen LogP contribution in [0.5, 0.6) is 17.2 Å². The number of amides is 2. The van der Waals surface area contributed by atoms with Crippen molar-refractivity contribution in [2.45, 2.75) is 32.0 Å². The summed E-state index contributed by atoms with van der Waals surface area (Å²) in [5, 5.41) is 2.90. The van der Waals surface area contributed by atoms with Crippen molar-refractivity contribution >= 4 is 28.2 Å². The molecule has 2 bridgehead atoms. The van der Waals surface area contributed by atoms with E-state index in [1.165, 1.54) is 25.2 Å². The normalized spacial score (nSPS) is 21.6. The van der Waals surface area contributed by atoms with E-state index in [9.17, 15) is 18.0 Å². The van der Waals surface area contributed by atoms with Crippen molar-refractivity contribution in [1.29, 1.82) is 0 Å². The highest BCUT2D eigenvalue weighted by atomic mass is 32.2. The number of ether oxygens (including phenoxy) is 3. The fourth-order valence-electron chi connectivity index (χ4n) is 5.00. The van der Waals surface area contributed by atoms with E-state index in [0.717, 1.165) is 11.8 Å². The molecule has 0 saturated carbocycles. The Hall–Kier alpha value is -3.99. The number of carbonyl (C=O) groups is 2. The minimum absolute atomic E-state index is 0.0361. The monoisotopic (exact) mass is 542 g/mol. The number of nitrogens with one attached hydrogen (secondary N) is 1. The van der Waals surface area contributed by atoms with E-state index in [0.29, 0.717) is 29.0 Å². The molecule has 38 heavy (non-hydrogen) atoms. The second-order valence-corrected chi connectivity index (χ2v) is 10.7. The van der Waals surface area contributed by atoms with Gasteiger partial charge in [0.15, 0.2) is 11.5 Å². The van der Waals surface area contributed by atoms with Crippen molar-refractivity contribution in [1.82, 2.24) is 10.2 Å². The first-order valence-electron chi connectivity index (χ1n) is 11.9. The number of piperazine rings is 1. The number of hydrogen-bond donors (Lipinski definition) is 1. The van der Waals surface area contributed by atoms with Gasteiger partial charge in [0.1, 0.15) is 18.4 Å². The fraction of sp³-hybridized carbons (Fsp3) is 0.333. The quantitative estimate of drug-likeness (QED) is 0.398. The molecule has 2 aromatic carbocycles. The zero-order valence-corrected chi connectivity index (χ0v) is 22.4. The van der Waals surface area contributed by atoms with Gasteiger partial charge in [-0.1, -0.05) is 36.4 Å². The fourth-order valence-corrected chi connectivity index (χ4v) is 5.45. The highest BCUT2D eigenvalue weighted by Gasteiger charge is 2.52. The maximum atomic E-state index is 13.2. The van der Waals surface area contributed by atoms with Crippen LogP contribution >= 0.6 is 0 Å². The zero-order valence-electron chi connectivity index (χ0n) is 21.6. The first-order valence-corrected chi connectivity index (χ1v) is 13.7. The first kappa shape index (κ1) is 27.1. The molecule has 202 valence electrons. The summed E-state index contributed by atoms with van der Waals surface area (Å²) in [7, 11) is -1.01. The first-order chi connectivity index (χ1) is 18.1. The molecule has 4 rings (SSSR count). The maximum Gasteiger partial charge on any atom is 0.411 e. The third kappa shape index (κ3) is 5.33. The molecule has 0 aromatic heterocycles. The Bertz CT molecular complexity index is 1390. The average Bonchev–Trinajstić information content (AvgIpc) is 3.20. The molecule has 2 aliphatic rings. The van der Waals surface area contributed by atoms with Crippen LogP contribution in [0.4, 0.5) is 4.79 Å². The number of hydrogen-bond acceptors (Lipinski definition) is 8. The molecule has 11 heteroatoms. The lowest BCUT2D eigenvalue weighted by molar-refractivity contribution is -0.126. The molecule has 2 aromatic rings. The average molecular weight is 543 g/mol. The summed E-state index contributed by atoms with van der Waals surface area (Å²) in [5.74, 6) is -0.0427. The van der Waals surface area contributed by atoms with Crippen LogP contribution in [0, 0.1) is 12.8 Å². The van der Waals surface area contributed by atoms with Gasteiger partial charge in [0.25, 0.3) is 0 Å². The van der Waals surface area contributed by atoms with Crippen LogP contribution in [0.15, 0.2) is 54.8 Å². The number of nitrogens with zero attached hydrogens (tertiary/aromatic N) is 1. The molecule has 2 amide bonds. The summed E-state index contributed by atoms with van der Waals surface area (Å²) in [6.45, 7) is 5.67. The Morgan fingerprint density at radius 1 is 1.18 bits per heavy atom. The number of fused-ring (bicyclic) bond motifs is 2. The van der Waals surface area contributed by atoms with Crippen LogP contribution < -0.4 is 19.0 Å². The molecule has 1 N–H and O–H groups in total. The third-order valence-electron chi connectivity index (χ3n) is 6.56. The van der Waals surface area contributed by atoms with Crippen LogP contribution in [-0.2, 0) is 26.3 Å². The van der Waals surface area contributed by atoms with Crippen LogP contribution in [0.3, 0.4) is 0 Å². The van der Waals surface area contributed by atoms with E-state index >= 15 is 0 Å². The Morgan fingerprint density at radius 3 is 2.47 bits per heavy atom. The minimum atomic E-state index is -3.87. The smallest absolute Gasteiger partial charge is 0.411 e. The Morgan fingerprint density at radius 2 is 1.87 bits per heavy atom. The lowest BCUT2D eigenvalue weighted by atomic mass is 9.96. The Labute approximate surface area is 221 Å². The molecule has 0 spiro atoms. The highest BCUT2D eigenvalue weighted by Crippen LogP contribution is 2.43. The second kappa shape index (κ2) is 10.8. The van der Waals surface area contributed by atoms with Gasteiger partial charge in [0, 0.05) is 22.7 Å². The van der Waals surface area contributed by atoms with Crippen LogP contribution in [-0.4, -0.2) is 57.9 Å². The summed E-state index contributed by atoms with van der Waals surface area (Å²) < 4.78 is 45.5. The standard InChI is InChI=1S/C27H30N2O8S/c1-6-18-13-21-26(30)28-20(23(18)29(21)27(31)36-15-17-10-8-7-9-11-17)12-19-14-22(37-38(5,32)33)25(35-4)16(2)24(19)34-3/h6-12,14,18,21,23H,1,13,15H2,2-5H3,(H,28,30)/b20-12-/t18-,21-,23+/m1/s1. The van der Waals surface area contributed by atoms with E-state index in [1.54, 1.807) is 19.1 Å². The Kier molecular flexibility index (Phi) is 7.68. The summed E-state index contributed by atoms with van der Waals surface area (Å²) in [6.07, 6.45) is 4.05. The highest BCUT2D eigenvalue weighted by molar-refractivity contribution is 7.86. The van der Waals surface area contributed by atoms with Gasteiger partial charge in [-0.2, -0.15) is 8.42 Å². The van der Waals surface area contributed by atoms with Crippen molar-refractivity contribution in [3.8, 4) is 17.2 Å². The van der Waals surface area contributed by atoms with Gasteiger partial charge in [0.2, 0.25) is 5.91 Å². The van der Waals surface area contributed by atoms with Crippen LogP contribution in [0.25, 0.3) is 6.08 Å². The molecule has 2 heterocycles. The van der Waals surface area contributed by atoms with Gasteiger partial charge in [0.05, 0.1) is 26.5 Å². The molecule has 2 fully saturated rings. The van der Waals surface area contributed by atoms with Gasteiger partial charge in [-0.05, 0) is 31.1 Å². The maximum absolute atomic E-state index is 13.2. The minimum Gasteiger partial charge on any atom is -0.496 e. The van der Waals surface area contributed by atoms with Crippen molar-refractivity contribution in [3.05, 3.63) is 71.4 Å². The Balaban J connectivity index is 1.75. The number of carbonyl (C=O) groups excluding carboxylic acids is 2. The van der Waals surface area contributed by atoms with Gasteiger partial charge >= 0.3 is 16.2 Å². The lowest BCUT2D eigenvalue weighted by Crippen LogP contribution is -2.56. The van der Waals surface area contributed by atoms with E-state index < -0.39 is 28.3 Å². The third-order valence-corrected chi connectivity index (χ3v) is 7.04. The van der Waals surface area contributed by atoms with E-state index in [4.69, 9.17) is 18.4 Å². The molecular formula is C27H30N2O8S. The van der Waals surface area contributed by atoms with E-state index in [1.807, 2.05) is 30.3 Å². The second-order valence-electron chi connectivity index (χ2n) is 9.08.